The van der Waals surface area contributed by atoms with Crippen LogP contribution in [0.3, 0.4) is 0 Å². The van der Waals surface area contributed by atoms with Crippen molar-refractivity contribution in [1.29, 1.82) is 0 Å². The lowest BCUT2D eigenvalue weighted by molar-refractivity contribution is 0.865. The van der Waals surface area contributed by atoms with Crippen molar-refractivity contribution < 1.29 is 0 Å². The molecule has 0 aliphatic rings. The number of nitrogens with zero attached hydrogens (tertiary/aromatic N) is 2. The van der Waals surface area contributed by atoms with Crippen molar-refractivity contribution in [1.82, 2.24) is 0 Å². The molecule has 0 saturated carbocycles. The summed E-state index contributed by atoms with van der Waals surface area (Å²) in [6.45, 7) is 13.0. The molecule has 0 fully saturated rings. The highest BCUT2D eigenvalue weighted by Crippen LogP contribution is 2.30. The monoisotopic (exact) mass is 328 g/mol. The second-order valence-electron chi connectivity index (χ2n) is 5.43. The van der Waals surface area contributed by atoms with Crippen LogP contribution < -0.4 is 9.80 Å². The lowest BCUT2D eigenvalue weighted by atomic mass is 10.3. The molecule has 0 unspecified atom stereocenters. The van der Waals surface area contributed by atoms with Gasteiger partial charge in [0.15, 0.2) is 0 Å². The van der Waals surface area contributed by atoms with Crippen LogP contribution in [0.5, 0.6) is 0 Å². The average Bonchev–Trinajstić information content (AvgIpc) is 2.60. The molecule has 3 heteroatoms. The number of hydrogen-bond donors (Lipinski definition) is 0. The molecular weight excluding hydrogens is 300 g/mol. The summed E-state index contributed by atoms with van der Waals surface area (Å²) in [4.78, 5) is 7.31. The Morgan fingerprint density at radius 2 is 0.870 bits per heavy atom. The normalized spacial score (nSPS) is 10.6. The van der Waals surface area contributed by atoms with Crippen LogP contribution in [0.4, 0.5) is 11.4 Å². The van der Waals surface area contributed by atoms with Gasteiger partial charge in [0.25, 0.3) is 0 Å². The smallest absolute Gasteiger partial charge is 0.0366 e. The Balaban J connectivity index is 2.04. The Morgan fingerprint density at radius 3 is 1.13 bits per heavy atom. The zero-order valence-electron chi connectivity index (χ0n) is 14.7. The van der Waals surface area contributed by atoms with E-state index < -0.39 is 0 Å². The van der Waals surface area contributed by atoms with Crippen LogP contribution in [0, 0.1) is 0 Å². The molecule has 0 amide bonds. The van der Waals surface area contributed by atoms with Gasteiger partial charge >= 0.3 is 0 Å². The summed E-state index contributed by atoms with van der Waals surface area (Å²) in [5.74, 6) is 0. The van der Waals surface area contributed by atoms with E-state index in [0.717, 1.165) is 26.2 Å². The third-order valence-corrected chi connectivity index (χ3v) is 5.18. The predicted octanol–water partition coefficient (Wildman–Crippen LogP) is 5.53. The van der Waals surface area contributed by atoms with E-state index in [4.69, 9.17) is 0 Å². The fourth-order valence-electron chi connectivity index (χ4n) is 2.76. The van der Waals surface area contributed by atoms with E-state index in [1.807, 2.05) is 11.8 Å². The van der Waals surface area contributed by atoms with Crippen molar-refractivity contribution in [2.75, 3.05) is 36.0 Å². The standard InChI is InChI=1S/C20H28N2S/c1-5-21(6-2)17-9-13-19(14-10-17)23-20-15-11-18(12-16-20)22(7-3)8-4/h9-16H,5-8H2,1-4H3. The van der Waals surface area contributed by atoms with E-state index in [2.05, 4.69) is 86.0 Å². The third-order valence-electron chi connectivity index (χ3n) is 4.17. The van der Waals surface area contributed by atoms with Crippen LogP contribution in [-0.2, 0) is 0 Å². The maximum atomic E-state index is 2.37. The Labute approximate surface area is 145 Å². The van der Waals surface area contributed by atoms with Crippen LogP contribution in [0.2, 0.25) is 0 Å². The SMILES string of the molecule is CCN(CC)c1ccc(Sc2ccc(N(CC)CC)cc2)cc1. The van der Waals surface area contributed by atoms with Gasteiger partial charge in [-0.15, -0.1) is 0 Å². The molecule has 2 aromatic rings. The van der Waals surface area contributed by atoms with Crippen molar-refractivity contribution in [2.24, 2.45) is 0 Å². The maximum Gasteiger partial charge on any atom is 0.0366 e. The summed E-state index contributed by atoms with van der Waals surface area (Å²) in [6, 6.07) is 17.8. The lowest BCUT2D eigenvalue weighted by Gasteiger charge is -2.21. The molecule has 0 bridgehead atoms. The van der Waals surface area contributed by atoms with Gasteiger partial charge in [0, 0.05) is 47.3 Å². The van der Waals surface area contributed by atoms with E-state index in [1.54, 1.807) is 0 Å². The second kappa shape index (κ2) is 8.88. The van der Waals surface area contributed by atoms with E-state index in [-0.39, 0.29) is 0 Å². The highest BCUT2D eigenvalue weighted by atomic mass is 32.2. The number of anilines is 2. The average molecular weight is 329 g/mol. The summed E-state index contributed by atoms with van der Waals surface area (Å²) >= 11 is 1.82. The molecule has 0 radical (unpaired) electrons. The predicted molar refractivity (Wildman–Crippen MR) is 104 cm³/mol. The van der Waals surface area contributed by atoms with Crippen molar-refractivity contribution >= 4 is 23.1 Å². The summed E-state index contributed by atoms with van der Waals surface area (Å²) in [5, 5.41) is 0. The van der Waals surface area contributed by atoms with Gasteiger partial charge in [-0.3, -0.25) is 0 Å². The number of rotatable bonds is 8. The first-order chi connectivity index (χ1) is 11.2. The number of hydrogen-bond acceptors (Lipinski definition) is 3. The quantitative estimate of drug-likeness (QED) is 0.629. The third kappa shape index (κ3) is 4.68. The van der Waals surface area contributed by atoms with Gasteiger partial charge in [-0.05, 0) is 76.2 Å². The molecule has 2 rings (SSSR count). The summed E-state index contributed by atoms with van der Waals surface area (Å²) in [5.41, 5.74) is 2.60. The largest absolute Gasteiger partial charge is 0.372 e. The molecule has 0 atom stereocenters. The molecule has 2 nitrogen and oxygen atoms in total. The van der Waals surface area contributed by atoms with Crippen LogP contribution in [0.25, 0.3) is 0 Å². The second-order valence-corrected chi connectivity index (χ2v) is 6.58. The van der Waals surface area contributed by atoms with Crippen LogP contribution in [0.1, 0.15) is 27.7 Å². The summed E-state index contributed by atoms with van der Waals surface area (Å²) in [7, 11) is 0. The van der Waals surface area contributed by atoms with Gasteiger partial charge in [-0.25, -0.2) is 0 Å². The topological polar surface area (TPSA) is 6.48 Å². The molecule has 0 heterocycles. The molecule has 0 N–H and O–H groups in total. The van der Waals surface area contributed by atoms with Gasteiger partial charge in [-0.1, -0.05) is 11.8 Å². The maximum absolute atomic E-state index is 2.37. The van der Waals surface area contributed by atoms with Crippen molar-refractivity contribution in [3.05, 3.63) is 48.5 Å². The lowest BCUT2D eigenvalue weighted by Crippen LogP contribution is -2.21. The molecule has 124 valence electrons. The van der Waals surface area contributed by atoms with E-state index >= 15 is 0 Å². The zero-order valence-corrected chi connectivity index (χ0v) is 15.6. The highest BCUT2D eigenvalue weighted by Gasteiger charge is 2.04. The summed E-state index contributed by atoms with van der Waals surface area (Å²) < 4.78 is 0. The van der Waals surface area contributed by atoms with Gasteiger partial charge in [0.1, 0.15) is 0 Å². The minimum atomic E-state index is 1.05. The van der Waals surface area contributed by atoms with Gasteiger partial charge in [0.05, 0.1) is 0 Å². The fraction of sp³-hybridized carbons (Fsp3) is 0.400. The molecule has 0 saturated heterocycles. The van der Waals surface area contributed by atoms with Crippen molar-refractivity contribution in [3.63, 3.8) is 0 Å². The molecular formula is C20H28N2S. The Morgan fingerprint density at radius 1 is 0.565 bits per heavy atom. The van der Waals surface area contributed by atoms with Crippen LogP contribution in [0.15, 0.2) is 58.3 Å². The van der Waals surface area contributed by atoms with Gasteiger partial charge in [-0.2, -0.15) is 0 Å². The molecule has 2 aromatic carbocycles. The minimum absolute atomic E-state index is 1.05. The van der Waals surface area contributed by atoms with E-state index in [0.29, 0.717) is 0 Å². The Kier molecular flexibility index (Phi) is 6.85. The molecule has 0 aliphatic carbocycles. The van der Waals surface area contributed by atoms with Gasteiger partial charge in [0.2, 0.25) is 0 Å². The molecule has 0 spiro atoms. The number of benzene rings is 2. The Bertz CT molecular complexity index is 516. The fourth-order valence-corrected chi connectivity index (χ4v) is 3.58. The Hall–Kier alpha value is -1.61. The van der Waals surface area contributed by atoms with E-state index in [9.17, 15) is 0 Å². The first kappa shape index (κ1) is 17.7. The van der Waals surface area contributed by atoms with Crippen LogP contribution >= 0.6 is 11.8 Å². The molecule has 0 aliphatic heterocycles. The van der Waals surface area contributed by atoms with Gasteiger partial charge < -0.3 is 9.80 Å². The first-order valence-electron chi connectivity index (χ1n) is 8.59. The summed E-state index contributed by atoms with van der Waals surface area (Å²) in [6.07, 6.45) is 0. The van der Waals surface area contributed by atoms with Crippen LogP contribution in [-0.4, -0.2) is 26.2 Å². The highest BCUT2D eigenvalue weighted by molar-refractivity contribution is 7.99. The van der Waals surface area contributed by atoms with Crippen molar-refractivity contribution in [3.8, 4) is 0 Å². The van der Waals surface area contributed by atoms with Crippen molar-refractivity contribution in [2.45, 2.75) is 37.5 Å². The minimum Gasteiger partial charge on any atom is -0.372 e. The van der Waals surface area contributed by atoms with E-state index in [1.165, 1.54) is 21.2 Å². The zero-order chi connectivity index (χ0) is 16.7. The molecule has 23 heavy (non-hydrogen) atoms. The molecule has 0 aromatic heterocycles. The first-order valence-corrected chi connectivity index (χ1v) is 9.41.